The fourth-order valence-corrected chi connectivity index (χ4v) is 2.06. The Morgan fingerprint density at radius 1 is 1.43 bits per heavy atom. The van der Waals surface area contributed by atoms with Crippen LogP contribution in [0, 0.1) is 0 Å². The molecule has 2 aliphatic rings. The van der Waals surface area contributed by atoms with E-state index in [1.807, 2.05) is 0 Å². The highest BCUT2D eigenvalue weighted by atomic mass is 16.3. The number of carbonyl (C=O) groups excluding carboxylic acids is 1. The molecule has 0 aromatic heterocycles. The van der Waals surface area contributed by atoms with E-state index in [9.17, 15) is 9.90 Å². The van der Waals surface area contributed by atoms with Crippen LogP contribution in [0.5, 0.6) is 0 Å². The molecule has 1 saturated heterocycles. The first kappa shape index (κ1) is 9.93. The SMILES string of the molecule is CC1(O)CCCN(C(=O)C2(N)CC2)C1. The van der Waals surface area contributed by atoms with Crippen molar-refractivity contribution in [1.29, 1.82) is 0 Å². The van der Waals surface area contributed by atoms with Crippen molar-refractivity contribution < 1.29 is 9.90 Å². The summed E-state index contributed by atoms with van der Waals surface area (Å²) < 4.78 is 0. The fraction of sp³-hybridized carbons (Fsp3) is 0.900. The summed E-state index contributed by atoms with van der Waals surface area (Å²) in [5, 5.41) is 9.85. The molecule has 1 saturated carbocycles. The largest absolute Gasteiger partial charge is 0.388 e. The molecule has 1 unspecified atom stereocenters. The number of nitrogens with two attached hydrogens (primary N) is 1. The van der Waals surface area contributed by atoms with Crippen LogP contribution in [0.1, 0.15) is 32.6 Å². The van der Waals surface area contributed by atoms with Crippen molar-refractivity contribution >= 4 is 5.91 Å². The second-order valence-electron chi connectivity index (χ2n) is 4.98. The van der Waals surface area contributed by atoms with Gasteiger partial charge in [-0.05, 0) is 32.6 Å². The lowest BCUT2D eigenvalue weighted by atomic mass is 9.94. The fourth-order valence-electron chi connectivity index (χ4n) is 2.06. The van der Waals surface area contributed by atoms with Crippen molar-refractivity contribution in [3.63, 3.8) is 0 Å². The summed E-state index contributed by atoms with van der Waals surface area (Å²) in [5.41, 5.74) is 4.52. The van der Waals surface area contributed by atoms with Crippen LogP contribution in [-0.4, -0.2) is 40.1 Å². The van der Waals surface area contributed by atoms with Gasteiger partial charge in [0.1, 0.15) is 0 Å². The number of nitrogens with zero attached hydrogens (tertiary/aromatic N) is 1. The molecule has 2 rings (SSSR count). The van der Waals surface area contributed by atoms with Crippen LogP contribution in [-0.2, 0) is 4.79 Å². The van der Waals surface area contributed by atoms with E-state index >= 15 is 0 Å². The van der Waals surface area contributed by atoms with E-state index in [0.717, 1.165) is 32.2 Å². The molecule has 1 amide bonds. The maximum Gasteiger partial charge on any atom is 0.242 e. The highest BCUT2D eigenvalue weighted by Crippen LogP contribution is 2.35. The predicted molar refractivity (Wildman–Crippen MR) is 52.6 cm³/mol. The number of rotatable bonds is 1. The summed E-state index contributed by atoms with van der Waals surface area (Å²) in [6.45, 7) is 2.96. The molecule has 1 heterocycles. The van der Waals surface area contributed by atoms with E-state index in [0.29, 0.717) is 6.54 Å². The monoisotopic (exact) mass is 198 g/mol. The van der Waals surface area contributed by atoms with E-state index in [4.69, 9.17) is 5.73 Å². The van der Waals surface area contributed by atoms with Crippen LogP contribution in [0.25, 0.3) is 0 Å². The van der Waals surface area contributed by atoms with Crippen molar-refractivity contribution in [3.8, 4) is 0 Å². The third-order valence-electron chi connectivity index (χ3n) is 3.18. The number of aliphatic hydroxyl groups is 1. The zero-order chi connectivity index (χ0) is 10.4. The van der Waals surface area contributed by atoms with Gasteiger partial charge in [0.15, 0.2) is 0 Å². The lowest BCUT2D eigenvalue weighted by Crippen LogP contribution is -2.54. The molecule has 3 N–H and O–H groups in total. The number of β-amino-alcohol motifs (C(OH)–C–C–N with tert-alkyl or cyclic N) is 1. The van der Waals surface area contributed by atoms with Crippen molar-refractivity contribution in [3.05, 3.63) is 0 Å². The molecular weight excluding hydrogens is 180 g/mol. The first-order chi connectivity index (χ1) is 6.43. The molecule has 1 atom stereocenters. The molecule has 4 nitrogen and oxygen atoms in total. The average molecular weight is 198 g/mol. The predicted octanol–water partition coefficient (Wildman–Crippen LogP) is -0.149. The van der Waals surface area contributed by atoms with E-state index in [1.165, 1.54) is 0 Å². The molecular formula is C10H18N2O2. The van der Waals surface area contributed by atoms with Gasteiger partial charge in [-0.25, -0.2) is 0 Å². The van der Waals surface area contributed by atoms with Crippen molar-refractivity contribution in [2.45, 2.75) is 43.7 Å². The number of amides is 1. The molecule has 0 aromatic carbocycles. The molecule has 2 fully saturated rings. The highest BCUT2D eigenvalue weighted by Gasteiger charge is 2.49. The zero-order valence-electron chi connectivity index (χ0n) is 8.62. The van der Waals surface area contributed by atoms with Gasteiger partial charge in [0.25, 0.3) is 0 Å². The van der Waals surface area contributed by atoms with Crippen LogP contribution in [0.3, 0.4) is 0 Å². The quantitative estimate of drug-likeness (QED) is 0.616. The highest BCUT2D eigenvalue weighted by molar-refractivity contribution is 5.89. The first-order valence-corrected chi connectivity index (χ1v) is 5.24. The molecule has 0 spiro atoms. The van der Waals surface area contributed by atoms with Crippen LogP contribution in [0.2, 0.25) is 0 Å². The number of hydrogen-bond acceptors (Lipinski definition) is 3. The normalized spacial score (nSPS) is 35.5. The number of piperidine rings is 1. The second-order valence-corrected chi connectivity index (χ2v) is 4.98. The van der Waals surface area contributed by atoms with Gasteiger partial charge in [0.2, 0.25) is 5.91 Å². The van der Waals surface area contributed by atoms with Gasteiger partial charge >= 0.3 is 0 Å². The zero-order valence-corrected chi connectivity index (χ0v) is 8.62. The van der Waals surface area contributed by atoms with E-state index < -0.39 is 11.1 Å². The summed E-state index contributed by atoms with van der Waals surface area (Å²) in [5.74, 6) is 0.0254. The van der Waals surface area contributed by atoms with Crippen LogP contribution in [0.15, 0.2) is 0 Å². The summed E-state index contributed by atoms with van der Waals surface area (Å²) in [6.07, 6.45) is 3.23. The maximum atomic E-state index is 11.9. The number of hydrogen-bond donors (Lipinski definition) is 2. The molecule has 14 heavy (non-hydrogen) atoms. The molecule has 0 bridgehead atoms. The molecule has 80 valence electrons. The third-order valence-corrected chi connectivity index (χ3v) is 3.18. The van der Waals surface area contributed by atoms with E-state index in [-0.39, 0.29) is 5.91 Å². The second kappa shape index (κ2) is 2.94. The van der Waals surface area contributed by atoms with Gasteiger partial charge < -0.3 is 15.7 Å². The summed E-state index contributed by atoms with van der Waals surface area (Å²) in [7, 11) is 0. The Bertz CT molecular complexity index is 259. The Morgan fingerprint density at radius 3 is 2.57 bits per heavy atom. The topological polar surface area (TPSA) is 66.6 Å². The number of carbonyl (C=O) groups is 1. The minimum absolute atomic E-state index is 0.0254. The smallest absolute Gasteiger partial charge is 0.242 e. The Kier molecular flexibility index (Phi) is 2.08. The van der Waals surface area contributed by atoms with Crippen molar-refractivity contribution in [2.24, 2.45) is 5.73 Å². The van der Waals surface area contributed by atoms with Gasteiger partial charge in [0, 0.05) is 13.1 Å². The van der Waals surface area contributed by atoms with Crippen LogP contribution < -0.4 is 5.73 Å². The maximum absolute atomic E-state index is 11.9. The van der Waals surface area contributed by atoms with Gasteiger partial charge in [-0.3, -0.25) is 4.79 Å². The Labute approximate surface area is 84.1 Å². The van der Waals surface area contributed by atoms with Crippen molar-refractivity contribution in [1.82, 2.24) is 4.90 Å². The first-order valence-electron chi connectivity index (χ1n) is 5.24. The standard InChI is InChI=1S/C10H18N2O2/c1-9(14)3-2-6-12(7-9)8(13)10(11)4-5-10/h14H,2-7,11H2,1H3. The summed E-state index contributed by atoms with van der Waals surface area (Å²) >= 11 is 0. The molecule has 0 aromatic rings. The van der Waals surface area contributed by atoms with Gasteiger partial charge in [-0.2, -0.15) is 0 Å². The lowest BCUT2D eigenvalue weighted by Gasteiger charge is -2.38. The minimum atomic E-state index is -0.723. The number of likely N-dealkylation sites (tertiary alicyclic amines) is 1. The van der Waals surface area contributed by atoms with Crippen LogP contribution >= 0.6 is 0 Å². The Morgan fingerprint density at radius 2 is 2.07 bits per heavy atom. The molecule has 4 heteroatoms. The lowest BCUT2D eigenvalue weighted by molar-refractivity contribution is -0.139. The molecule has 0 radical (unpaired) electrons. The Hall–Kier alpha value is -0.610. The van der Waals surface area contributed by atoms with Gasteiger partial charge in [0.05, 0.1) is 11.1 Å². The van der Waals surface area contributed by atoms with E-state index in [1.54, 1.807) is 11.8 Å². The van der Waals surface area contributed by atoms with Crippen molar-refractivity contribution in [2.75, 3.05) is 13.1 Å². The summed E-state index contributed by atoms with van der Waals surface area (Å²) in [4.78, 5) is 13.6. The third kappa shape index (κ3) is 1.77. The minimum Gasteiger partial charge on any atom is -0.388 e. The molecule has 1 aliphatic heterocycles. The van der Waals surface area contributed by atoms with E-state index in [2.05, 4.69) is 0 Å². The molecule has 1 aliphatic carbocycles. The van der Waals surface area contributed by atoms with Gasteiger partial charge in [-0.15, -0.1) is 0 Å². The Balaban J connectivity index is 2.01. The van der Waals surface area contributed by atoms with Gasteiger partial charge in [-0.1, -0.05) is 0 Å². The average Bonchev–Trinajstić information content (AvgIpc) is 2.82. The summed E-state index contributed by atoms with van der Waals surface area (Å²) in [6, 6.07) is 0. The van der Waals surface area contributed by atoms with Crippen LogP contribution in [0.4, 0.5) is 0 Å².